The van der Waals surface area contributed by atoms with Gasteiger partial charge in [-0.25, -0.2) is 0 Å². The number of amides is 1. The van der Waals surface area contributed by atoms with Gasteiger partial charge in [0.2, 0.25) is 5.91 Å². The Hall–Kier alpha value is -0.970. The van der Waals surface area contributed by atoms with Crippen molar-refractivity contribution in [2.45, 2.75) is 32.1 Å². The van der Waals surface area contributed by atoms with Gasteiger partial charge in [0.15, 0.2) is 0 Å². The molecule has 1 aromatic rings. The van der Waals surface area contributed by atoms with Crippen LogP contribution in [0, 0.1) is 0 Å². The van der Waals surface area contributed by atoms with E-state index in [1.54, 1.807) is 12.1 Å². The van der Waals surface area contributed by atoms with E-state index in [1.165, 1.54) is 0 Å². The van der Waals surface area contributed by atoms with Gasteiger partial charge in [0.25, 0.3) is 0 Å². The summed E-state index contributed by atoms with van der Waals surface area (Å²) in [4.78, 5) is 11.5. The van der Waals surface area contributed by atoms with Crippen molar-refractivity contribution in [3.8, 4) is 5.75 Å². The minimum atomic E-state index is 0. The van der Waals surface area contributed by atoms with Crippen molar-refractivity contribution in [2.75, 3.05) is 19.7 Å². The summed E-state index contributed by atoms with van der Waals surface area (Å²) in [6, 6.07) is 7.16. The van der Waals surface area contributed by atoms with Crippen molar-refractivity contribution in [3.63, 3.8) is 0 Å². The van der Waals surface area contributed by atoms with E-state index < -0.39 is 0 Å². The van der Waals surface area contributed by atoms with Gasteiger partial charge in [-0.05, 0) is 43.7 Å². The number of unbranched alkanes of at least 4 members (excludes halogenated alkanes) is 3. The van der Waals surface area contributed by atoms with E-state index in [-0.39, 0.29) is 18.3 Å². The molecule has 4 nitrogen and oxygen atoms in total. The van der Waals surface area contributed by atoms with Gasteiger partial charge >= 0.3 is 0 Å². The Balaban J connectivity index is 0.00000400. The molecule has 1 rings (SSSR count). The number of hydrogen-bond acceptors (Lipinski definition) is 3. The van der Waals surface area contributed by atoms with Crippen LogP contribution in [0.5, 0.6) is 5.75 Å². The Bertz CT molecular complexity index is 386. The van der Waals surface area contributed by atoms with Crippen molar-refractivity contribution in [1.82, 2.24) is 5.32 Å². The van der Waals surface area contributed by atoms with Crippen LogP contribution in [0.1, 0.15) is 32.1 Å². The van der Waals surface area contributed by atoms with Crippen LogP contribution in [0.25, 0.3) is 0 Å². The number of nitrogens with two attached hydrogens (primary N) is 1. The van der Waals surface area contributed by atoms with Crippen molar-refractivity contribution in [1.29, 1.82) is 0 Å². The first-order valence-corrected chi connectivity index (χ1v) is 7.45. The van der Waals surface area contributed by atoms with Crippen molar-refractivity contribution in [3.05, 3.63) is 29.3 Å². The van der Waals surface area contributed by atoms with Crippen molar-refractivity contribution < 1.29 is 9.53 Å². The molecule has 0 aromatic heterocycles. The summed E-state index contributed by atoms with van der Waals surface area (Å²) >= 11 is 5.78. The molecule has 0 saturated carbocycles. The first kappa shape index (κ1) is 20.0. The molecule has 0 atom stereocenters. The minimum Gasteiger partial charge on any atom is -0.492 e. The van der Waals surface area contributed by atoms with Gasteiger partial charge in [-0.2, -0.15) is 0 Å². The zero-order chi connectivity index (χ0) is 14.6. The Morgan fingerprint density at radius 2 is 1.81 bits per heavy atom. The van der Waals surface area contributed by atoms with Gasteiger partial charge in [-0.1, -0.05) is 24.4 Å². The lowest BCUT2D eigenvalue weighted by atomic mass is 10.1. The topological polar surface area (TPSA) is 64.4 Å². The fourth-order valence-electron chi connectivity index (χ4n) is 1.76. The number of carbonyl (C=O) groups is 1. The van der Waals surface area contributed by atoms with Crippen LogP contribution in [-0.4, -0.2) is 25.6 Å². The number of carbonyl (C=O) groups excluding carboxylic acids is 1. The molecule has 0 bridgehead atoms. The molecular formula is C15H24Cl2N2O2. The molecule has 3 N–H and O–H groups in total. The summed E-state index contributed by atoms with van der Waals surface area (Å²) in [6.07, 6.45) is 4.70. The normalized spacial score (nSPS) is 9.81. The summed E-state index contributed by atoms with van der Waals surface area (Å²) in [7, 11) is 0. The molecule has 0 aliphatic rings. The molecule has 21 heavy (non-hydrogen) atoms. The Morgan fingerprint density at radius 1 is 1.14 bits per heavy atom. The molecule has 0 aliphatic carbocycles. The zero-order valence-corrected chi connectivity index (χ0v) is 13.7. The number of nitrogens with one attached hydrogen (secondary N) is 1. The molecule has 0 unspecified atom stereocenters. The lowest BCUT2D eigenvalue weighted by molar-refractivity contribution is -0.121. The average Bonchev–Trinajstić information content (AvgIpc) is 2.45. The summed E-state index contributed by atoms with van der Waals surface area (Å²) in [5, 5.41) is 3.52. The number of benzene rings is 1. The van der Waals surface area contributed by atoms with E-state index in [0.717, 1.165) is 38.0 Å². The molecule has 1 aromatic carbocycles. The minimum absolute atomic E-state index is 0. The van der Waals surface area contributed by atoms with E-state index in [2.05, 4.69) is 5.32 Å². The lowest BCUT2D eigenvalue weighted by Crippen LogP contribution is -2.27. The van der Waals surface area contributed by atoms with Crippen LogP contribution in [0.2, 0.25) is 5.02 Å². The zero-order valence-electron chi connectivity index (χ0n) is 12.1. The standard InChI is InChI=1S/C15H23ClN2O2.ClH/c16-13-6-8-14(9-7-13)20-12-11-18-15(19)5-3-1-2-4-10-17;/h6-9H,1-5,10-12,17H2,(H,18,19);1H. The molecule has 0 spiro atoms. The first-order chi connectivity index (χ1) is 9.72. The van der Waals surface area contributed by atoms with Crippen molar-refractivity contribution in [2.24, 2.45) is 5.73 Å². The molecule has 0 fully saturated rings. The second-order valence-corrected chi connectivity index (χ2v) is 5.04. The fraction of sp³-hybridized carbons (Fsp3) is 0.533. The highest BCUT2D eigenvalue weighted by Crippen LogP contribution is 2.15. The largest absolute Gasteiger partial charge is 0.492 e. The Labute approximate surface area is 137 Å². The number of halogens is 2. The molecule has 0 aliphatic heterocycles. The third kappa shape index (κ3) is 10.4. The van der Waals surface area contributed by atoms with E-state index in [1.807, 2.05) is 12.1 Å². The van der Waals surface area contributed by atoms with Crippen LogP contribution in [-0.2, 0) is 4.79 Å². The highest BCUT2D eigenvalue weighted by Gasteiger charge is 2.00. The fourth-order valence-corrected chi connectivity index (χ4v) is 1.89. The molecule has 1 amide bonds. The maximum atomic E-state index is 11.5. The lowest BCUT2D eigenvalue weighted by Gasteiger charge is -2.07. The summed E-state index contributed by atoms with van der Waals surface area (Å²) in [5.74, 6) is 0.836. The third-order valence-corrected chi connectivity index (χ3v) is 3.12. The number of ether oxygens (including phenoxy) is 1. The average molecular weight is 335 g/mol. The molecule has 0 saturated heterocycles. The van der Waals surface area contributed by atoms with Gasteiger partial charge in [-0.3, -0.25) is 4.79 Å². The number of hydrogen-bond donors (Lipinski definition) is 2. The van der Waals surface area contributed by atoms with Gasteiger partial charge in [0.05, 0.1) is 6.54 Å². The van der Waals surface area contributed by atoms with Crippen LogP contribution in [0.15, 0.2) is 24.3 Å². The van der Waals surface area contributed by atoms with Crippen LogP contribution in [0.4, 0.5) is 0 Å². The van der Waals surface area contributed by atoms with Crippen molar-refractivity contribution >= 4 is 29.9 Å². The van der Waals surface area contributed by atoms with E-state index in [0.29, 0.717) is 24.6 Å². The van der Waals surface area contributed by atoms with E-state index >= 15 is 0 Å². The van der Waals surface area contributed by atoms with Crippen LogP contribution >= 0.6 is 24.0 Å². The molecule has 120 valence electrons. The second kappa shape index (κ2) is 12.7. The molecule has 0 radical (unpaired) electrons. The summed E-state index contributed by atoms with van der Waals surface area (Å²) in [6.45, 7) is 1.71. The van der Waals surface area contributed by atoms with E-state index in [9.17, 15) is 4.79 Å². The maximum absolute atomic E-state index is 11.5. The summed E-state index contributed by atoms with van der Waals surface area (Å²) in [5.41, 5.74) is 5.41. The summed E-state index contributed by atoms with van der Waals surface area (Å²) < 4.78 is 5.48. The Kier molecular flexibility index (Phi) is 12.2. The van der Waals surface area contributed by atoms with Gasteiger partial charge in [0, 0.05) is 11.4 Å². The van der Waals surface area contributed by atoms with Gasteiger partial charge in [-0.15, -0.1) is 12.4 Å². The van der Waals surface area contributed by atoms with E-state index in [4.69, 9.17) is 22.1 Å². The molecule has 6 heteroatoms. The first-order valence-electron chi connectivity index (χ1n) is 7.07. The highest BCUT2D eigenvalue weighted by molar-refractivity contribution is 6.30. The monoisotopic (exact) mass is 334 g/mol. The third-order valence-electron chi connectivity index (χ3n) is 2.86. The van der Waals surface area contributed by atoms with Gasteiger partial charge < -0.3 is 15.8 Å². The quantitative estimate of drug-likeness (QED) is 0.646. The smallest absolute Gasteiger partial charge is 0.220 e. The van der Waals surface area contributed by atoms with Crippen LogP contribution in [0.3, 0.4) is 0 Å². The maximum Gasteiger partial charge on any atom is 0.220 e. The predicted molar refractivity (Wildman–Crippen MR) is 89.3 cm³/mol. The van der Waals surface area contributed by atoms with Crippen LogP contribution < -0.4 is 15.8 Å². The Morgan fingerprint density at radius 3 is 2.48 bits per heavy atom. The van der Waals surface area contributed by atoms with Gasteiger partial charge in [0.1, 0.15) is 12.4 Å². The molecule has 0 heterocycles. The number of rotatable bonds is 10. The highest BCUT2D eigenvalue weighted by atomic mass is 35.5. The second-order valence-electron chi connectivity index (χ2n) is 4.61. The molecular weight excluding hydrogens is 311 g/mol. The predicted octanol–water partition coefficient (Wildman–Crippen LogP) is 3.17. The SMILES string of the molecule is Cl.NCCCCCCC(=O)NCCOc1ccc(Cl)cc1.